The molecule has 1 heterocycles. The van der Waals surface area contributed by atoms with Gasteiger partial charge in [0, 0.05) is 37.7 Å². The summed E-state index contributed by atoms with van der Waals surface area (Å²) in [6.07, 6.45) is 5.92. The van der Waals surface area contributed by atoms with Crippen molar-refractivity contribution in [2.45, 2.75) is 44.8 Å². The molecule has 23 heavy (non-hydrogen) atoms. The number of carbonyl (C=O) groups is 1. The Kier molecular flexibility index (Phi) is 5.39. The van der Waals surface area contributed by atoms with Crippen molar-refractivity contribution in [3.63, 3.8) is 0 Å². The summed E-state index contributed by atoms with van der Waals surface area (Å²) in [5.74, 6) is 1.10. The first-order valence-electron chi connectivity index (χ1n) is 8.64. The van der Waals surface area contributed by atoms with Gasteiger partial charge < -0.3 is 20.1 Å². The molecule has 2 amide bonds. The fourth-order valence-corrected chi connectivity index (χ4v) is 3.40. The minimum Gasteiger partial charge on any atom is -0.490 e. The lowest BCUT2D eigenvalue weighted by atomic mass is 10.1. The largest absolute Gasteiger partial charge is 0.490 e. The number of rotatable bonds is 5. The van der Waals surface area contributed by atoms with E-state index in [4.69, 9.17) is 4.74 Å². The highest BCUT2D eigenvalue weighted by Gasteiger charge is 2.25. The molecule has 126 valence electrons. The van der Waals surface area contributed by atoms with E-state index in [-0.39, 0.29) is 18.6 Å². The minimum absolute atomic E-state index is 0.0587. The van der Waals surface area contributed by atoms with Gasteiger partial charge >= 0.3 is 6.03 Å². The summed E-state index contributed by atoms with van der Waals surface area (Å²) in [6, 6.07) is 7.88. The molecule has 2 fully saturated rings. The number of likely N-dealkylation sites (tertiary alicyclic amines) is 1. The number of nitrogens with one attached hydrogen (secondary N) is 1. The second-order valence-corrected chi connectivity index (χ2v) is 6.57. The van der Waals surface area contributed by atoms with E-state index in [0.29, 0.717) is 19.2 Å². The molecular weight excluding hydrogens is 292 g/mol. The lowest BCUT2D eigenvalue weighted by molar-refractivity contribution is 0.196. The van der Waals surface area contributed by atoms with E-state index in [1.54, 1.807) is 4.90 Å². The number of hydrogen-bond donors (Lipinski definition) is 2. The minimum atomic E-state index is -0.0587. The van der Waals surface area contributed by atoms with Gasteiger partial charge in [-0.1, -0.05) is 18.2 Å². The highest BCUT2D eigenvalue weighted by molar-refractivity contribution is 5.74. The van der Waals surface area contributed by atoms with Crippen LogP contribution in [0.5, 0.6) is 5.75 Å². The lowest BCUT2D eigenvalue weighted by Crippen LogP contribution is -2.38. The standard InChI is InChI=1S/C18H26N2O3/c21-13-14-9-10-20(12-14)18(22)19-11-15-5-1-4-8-17(15)23-16-6-2-3-7-16/h1,4-5,8,14,16,21H,2-3,6-7,9-13H2,(H,19,22). The summed E-state index contributed by atoms with van der Waals surface area (Å²) in [4.78, 5) is 14.0. The Bertz CT molecular complexity index is 529. The zero-order chi connectivity index (χ0) is 16.1. The van der Waals surface area contributed by atoms with Gasteiger partial charge in [0.2, 0.25) is 0 Å². The summed E-state index contributed by atoms with van der Waals surface area (Å²) in [7, 11) is 0. The lowest BCUT2D eigenvalue weighted by Gasteiger charge is -2.19. The van der Waals surface area contributed by atoms with Gasteiger partial charge in [-0.3, -0.25) is 0 Å². The second kappa shape index (κ2) is 7.68. The number of nitrogens with zero attached hydrogens (tertiary/aromatic N) is 1. The van der Waals surface area contributed by atoms with Gasteiger partial charge in [-0.05, 0) is 38.2 Å². The normalized spacial score (nSPS) is 21.6. The zero-order valence-corrected chi connectivity index (χ0v) is 13.5. The number of ether oxygens (including phenoxy) is 1. The van der Waals surface area contributed by atoms with Crippen LogP contribution in [-0.2, 0) is 6.54 Å². The van der Waals surface area contributed by atoms with Gasteiger partial charge in [-0.2, -0.15) is 0 Å². The molecule has 0 aromatic heterocycles. The van der Waals surface area contributed by atoms with Gasteiger partial charge in [0.15, 0.2) is 0 Å². The van der Waals surface area contributed by atoms with Crippen LogP contribution in [0.1, 0.15) is 37.7 Å². The van der Waals surface area contributed by atoms with Crippen LogP contribution in [0.3, 0.4) is 0 Å². The first-order valence-corrected chi connectivity index (χ1v) is 8.64. The second-order valence-electron chi connectivity index (χ2n) is 6.57. The van der Waals surface area contributed by atoms with Crippen LogP contribution in [0.25, 0.3) is 0 Å². The molecule has 0 spiro atoms. The van der Waals surface area contributed by atoms with E-state index < -0.39 is 0 Å². The molecule has 1 aliphatic heterocycles. The molecule has 3 rings (SSSR count). The summed E-state index contributed by atoms with van der Waals surface area (Å²) in [5.41, 5.74) is 1.02. The van der Waals surface area contributed by atoms with E-state index in [0.717, 1.165) is 37.1 Å². The third-order valence-corrected chi connectivity index (χ3v) is 4.83. The van der Waals surface area contributed by atoms with Gasteiger partial charge in [0.25, 0.3) is 0 Å². The van der Waals surface area contributed by atoms with Crippen molar-refractivity contribution in [2.24, 2.45) is 5.92 Å². The Morgan fingerprint density at radius 3 is 2.78 bits per heavy atom. The fourth-order valence-electron chi connectivity index (χ4n) is 3.40. The maximum atomic E-state index is 12.2. The molecule has 2 N–H and O–H groups in total. The van der Waals surface area contributed by atoms with Crippen LogP contribution in [0.4, 0.5) is 4.79 Å². The summed E-state index contributed by atoms with van der Waals surface area (Å²) < 4.78 is 6.10. The average Bonchev–Trinajstić information content (AvgIpc) is 3.25. The first kappa shape index (κ1) is 16.1. The predicted octanol–water partition coefficient (Wildman–Crippen LogP) is 2.53. The topological polar surface area (TPSA) is 61.8 Å². The SMILES string of the molecule is O=C(NCc1ccccc1OC1CCCC1)N1CCC(CO)C1. The smallest absolute Gasteiger partial charge is 0.317 e. The molecule has 1 saturated carbocycles. The Labute approximate surface area is 137 Å². The summed E-state index contributed by atoms with van der Waals surface area (Å²) in [5, 5.41) is 12.1. The molecule has 1 saturated heterocycles. The van der Waals surface area contributed by atoms with E-state index >= 15 is 0 Å². The van der Waals surface area contributed by atoms with Crippen LogP contribution in [0.2, 0.25) is 0 Å². The van der Waals surface area contributed by atoms with E-state index in [1.165, 1.54) is 12.8 Å². The Morgan fingerprint density at radius 2 is 2.04 bits per heavy atom. The van der Waals surface area contributed by atoms with Gasteiger partial charge in [0.05, 0.1) is 6.10 Å². The molecule has 1 aliphatic carbocycles. The molecule has 5 heteroatoms. The zero-order valence-electron chi connectivity index (χ0n) is 13.5. The van der Waals surface area contributed by atoms with Crippen LogP contribution < -0.4 is 10.1 Å². The van der Waals surface area contributed by atoms with Crippen LogP contribution in [0, 0.1) is 5.92 Å². The average molecular weight is 318 g/mol. The molecule has 0 radical (unpaired) electrons. The number of aliphatic hydroxyl groups excluding tert-OH is 1. The van der Waals surface area contributed by atoms with Crippen LogP contribution in [-0.4, -0.2) is 41.8 Å². The number of carbonyl (C=O) groups excluding carboxylic acids is 1. The van der Waals surface area contributed by atoms with Crippen molar-refractivity contribution in [3.05, 3.63) is 29.8 Å². The van der Waals surface area contributed by atoms with Crippen molar-refractivity contribution in [1.82, 2.24) is 10.2 Å². The van der Waals surface area contributed by atoms with Crippen LogP contribution in [0.15, 0.2) is 24.3 Å². The molecular formula is C18H26N2O3. The van der Waals surface area contributed by atoms with Crippen molar-refractivity contribution in [3.8, 4) is 5.75 Å². The van der Waals surface area contributed by atoms with Gasteiger partial charge in [-0.25, -0.2) is 4.79 Å². The quantitative estimate of drug-likeness (QED) is 0.877. The van der Waals surface area contributed by atoms with E-state index in [1.807, 2.05) is 24.3 Å². The Hall–Kier alpha value is -1.75. The fraction of sp³-hybridized carbons (Fsp3) is 0.611. The molecule has 1 aromatic carbocycles. The molecule has 5 nitrogen and oxygen atoms in total. The molecule has 0 bridgehead atoms. The number of amides is 2. The summed E-state index contributed by atoms with van der Waals surface area (Å²) >= 11 is 0. The molecule has 1 aromatic rings. The third-order valence-electron chi connectivity index (χ3n) is 4.83. The predicted molar refractivity (Wildman–Crippen MR) is 88.3 cm³/mol. The monoisotopic (exact) mass is 318 g/mol. The third kappa shape index (κ3) is 4.16. The maximum absolute atomic E-state index is 12.2. The van der Waals surface area contributed by atoms with Crippen LogP contribution >= 0.6 is 0 Å². The van der Waals surface area contributed by atoms with Gasteiger partial charge in [-0.15, -0.1) is 0 Å². The first-order chi connectivity index (χ1) is 11.3. The van der Waals surface area contributed by atoms with Crippen molar-refractivity contribution in [1.29, 1.82) is 0 Å². The summed E-state index contributed by atoms with van der Waals surface area (Å²) in [6.45, 7) is 1.99. The van der Waals surface area contributed by atoms with Crippen molar-refractivity contribution in [2.75, 3.05) is 19.7 Å². The van der Waals surface area contributed by atoms with Crippen molar-refractivity contribution >= 4 is 6.03 Å². The molecule has 1 atom stereocenters. The van der Waals surface area contributed by atoms with Crippen molar-refractivity contribution < 1.29 is 14.6 Å². The number of hydrogen-bond acceptors (Lipinski definition) is 3. The highest BCUT2D eigenvalue weighted by atomic mass is 16.5. The maximum Gasteiger partial charge on any atom is 0.317 e. The molecule has 2 aliphatic rings. The molecule has 1 unspecified atom stereocenters. The van der Waals surface area contributed by atoms with E-state index in [2.05, 4.69) is 5.32 Å². The number of para-hydroxylation sites is 1. The van der Waals surface area contributed by atoms with E-state index in [9.17, 15) is 9.90 Å². The number of aliphatic hydroxyl groups is 1. The number of benzene rings is 1. The van der Waals surface area contributed by atoms with Gasteiger partial charge in [0.1, 0.15) is 5.75 Å². The number of urea groups is 1. The Balaban J connectivity index is 1.54. The Morgan fingerprint density at radius 1 is 1.26 bits per heavy atom. The highest BCUT2D eigenvalue weighted by Crippen LogP contribution is 2.26.